The minimum absolute atomic E-state index is 0. The highest BCUT2D eigenvalue weighted by atomic mass is 19.3. The molecule has 0 radical (unpaired) electrons. The molecule has 0 spiro atoms. The van der Waals surface area contributed by atoms with Crippen LogP contribution in [0.25, 0.3) is 22.4 Å². The fraction of sp³-hybridized carbons (Fsp3) is 0.333. The van der Waals surface area contributed by atoms with Crippen molar-refractivity contribution in [3.8, 4) is 11.4 Å². The molecule has 7 nitrogen and oxygen atoms in total. The summed E-state index contributed by atoms with van der Waals surface area (Å²) in [4.78, 5) is 27.8. The van der Waals surface area contributed by atoms with Crippen LogP contribution in [0, 0.1) is 5.82 Å². The number of hydrogen-bond acceptors (Lipinski definition) is 5. The van der Waals surface area contributed by atoms with Crippen molar-refractivity contribution >= 4 is 22.8 Å². The summed E-state index contributed by atoms with van der Waals surface area (Å²) in [7, 11) is 0. The second-order valence-corrected chi connectivity index (χ2v) is 6.43. The van der Waals surface area contributed by atoms with Gasteiger partial charge >= 0.3 is 0 Å². The van der Waals surface area contributed by atoms with Crippen molar-refractivity contribution < 1.29 is 22.2 Å². The zero-order valence-corrected chi connectivity index (χ0v) is 15.3. The van der Waals surface area contributed by atoms with Crippen LogP contribution in [0.2, 0.25) is 0 Å². The summed E-state index contributed by atoms with van der Waals surface area (Å²) in [5.41, 5.74) is -0.108. The SMILES string of the molecule is CC[C@@](C)(Nc1ccnc(-c2c[nH]c3ncc(F)cc23)n1)C(=O)NCC(F)F.[HH].[HH].[HH]. The second kappa shape index (κ2) is 7.83. The molecule has 3 rings (SSSR count). The molecule has 1 amide bonds. The Morgan fingerprint density at radius 1 is 1.39 bits per heavy atom. The maximum atomic E-state index is 13.5. The van der Waals surface area contributed by atoms with E-state index in [1.54, 1.807) is 26.1 Å². The normalized spacial score (nSPS) is 13.5. The molecule has 0 aliphatic rings. The molecule has 3 N–H and O–H groups in total. The van der Waals surface area contributed by atoms with Gasteiger partial charge in [-0.25, -0.2) is 28.1 Å². The molecule has 0 saturated carbocycles. The molecular formula is C18H25F3N6O. The third-order valence-corrected chi connectivity index (χ3v) is 4.42. The molecule has 0 bridgehead atoms. The van der Waals surface area contributed by atoms with Gasteiger partial charge in [-0.1, -0.05) is 6.92 Å². The molecule has 0 saturated heterocycles. The summed E-state index contributed by atoms with van der Waals surface area (Å²) >= 11 is 0. The van der Waals surface area contributed by atoms with Gasteiger partial charge in [-0.15, -0.1) is 0 Å². The highest BCUT2D eigenvalue weighted by Crippen LogP contribution is 2.27. The third kappa shape index (κ3) is 4.05. The summed E-state index contributed by atoms with van der Waals surface area (Å²) in [5.74, 6) is -0.416. The van der Waals surface area contributed by atoms with E-state index >= 15 is 0 Å². The van der Waals surface area contributed by atoms with Crippen LogP contribution in [0.3, 0.4) is 0 Å². The van der Waals surface area contributed by atoms with Gasteiger partial charge in [0.05, 0.1) is 12.7 Å². The minimum Gasteiger partial charge on any atom is -0.356 e. The van der Waals surface area contributed by atoms with Gasteiger partial charge in [-0.3, -0.25) is 4.79 Å². The Kier molecular flexibility index (Phi) is 5.48. The lowest BCUT2D eigenvalue weighted by atomic mass is 9.97. The first-order valence-electron chi connectivity index (χ1n) is 8.63. The second-order valence-electron chi connectivity index (χ2n) is 6.43. The van der Waals surface area contributed by atoms with E-state index in [9.17, 15) is 18.0 Å². The maximum absolute atomic E-state index is 13.5. The third-order valence-electron chi connectivity index (χ3n) is 4.42. The number of pyridine rings is 1. The average molecular weight is 398 g/mol. The first-order chi connectivity index (χ1) is 13.3. The molecule has 3 aromatic heterocycles. The molecule has 0 unspecified atom stereocenters. The van der Waals surface area contributed by atoms with E-state index in [0.717, 1.165) is 6.20 Å². The summed E-state index contributed by atoms with van der Waals surface area (Å²) in [5, 5.41) is 5.72. The number of aromatic amines is 1. The van der Waals surface area contributed by atoms with Gasteiger partial charge in [0.2, 0.25) is 5.91 Å². The predicted molar refractivity (Wildman–Crippen MR) is 105 cm³/mol. The zero-order valence-electron chi connectivity index (χ0n) is 15.3. The van der Waals surface area contributed by atoms with Crippen LogP contribution in [0.5, 0.6) is 0 Å². The molecule has 3 aromatic rings. The fourth-order valence-corrected chi connectivity index (χ4v) is 2.67. The summed E-state index contributed by atoms with van der Waals surface area (Å²) in [6.07, 6.45) is 1.91. The van der Waals surface area contributed by atoms with E-state index in [1.807, 2.05) is 0 Å². The van der Waals surface area contributed by atoms with E-state index in [0.29, 0.717) is 34.7 Å². The molecular weight excluding hydrogens is 373 g/mol. The topological polar surface area (TPSA) is 95.6 Å². The Balaban J connectivity index is 0.00000300. The Labute approximate surface area is 163 Å². The molecule has 154 valence electrons. The molecule has 0 aliphatic carbocycles. The van der Waals surface area contributed by atoms with Crippen molar-refractivity contribution in [1.29, 1.82) is 0 Å². The van der Waals surface area contributed by atoms with E-state index in [1.165, 1.54) is 12.3 Å². The van der Waals surface area contributed by atoms with Crippen LogP contribution >= 0.6 is 0 Å². The molecule has 10 heteroatoms. The molecule has 1 atom stereocenters. The molecule has 0 aromatic carbocycles. The molecule has 28 heavy (non-hydrogen) atoms. The first kappa shape index (κ1) is 19.6. The lowest BCUT2D eigenvalue weighted by Crippen LogP contribution is -2.51. The predicted octanol–water partition coefficient (Wildman–Crippen LogP) is 3.86. The molecule has 0 fully saturated rings. The van der Waals surface area contributed by atoms with Crippen LogP contribution in [0.4, 0.5) is 19.0 Å². The number of hydrogen-bond donors (Lipinski definition) is 3. The monoisotopic (exact) mass is 398 g/mol. The fourth-order valence-electron chi connectivity index (χ4n) is 2.67. The van der Waals surface area contributed by atoms with Crippen LogP contribution in [0.1, 0.15) is 24.5 Å². The number of aromatic nitrogens is 4. The maximum Gasteiger partial charge on any atom is 0.255 e. The lowest BCUT2D eigenvalue weighted by molar-refractivity contribution is -0.125. The van der Waals surface area contributed by atoms with Crippen LogP contribution in [-0.4, -0.2) is 44.4 Å². The number of H-pyrrole nitrogens is 1. The number of carbonyl (C=O) groups excluding carboxylic acids is 1. The number of nitrogens with zero attached hydrogens (tertiary/aromatic N) is 3. The number of amides is 1. The first-order valence-corrected chi connectivity index (χ1v) is 8.63. The Morgan fingerprint density at radius 3 is 2.89 bits per heavy atom. The van der Waals surface area contributed by atoms with Crippen molar-refractivity contribution in [2.24, 2.45) is 0 Å². The number of anilines is 1. The lowest BCUT2D eigenvalue weighted by Gasteiger charge is -2.29. The van der Waals surface area contributed by atoms with Gasteiger partial charge in [0.25, 0.3) is 6.43 Å². The highest BCUT2D eigenvalue weighted by Gasteiger charge is 2.32. The Bertz CT molecular complexity index is 1010. The van der Waals surface area contributed by atoms with E-state index in [4.69, 9.17) is 0 Å². The van der Waals surface area contributed by atoms with Gasteiger partial charge in [0.1, 0.15) is 22.8 Å². The Morgan fingerprint density at radius 2 is 2.18 bits per heavy atom. The van der Waals surface area contributed by atoms with Crippen molar-refractivity contribution in [2.75, 3.05) is 11.9 Å². The number of alkyl halides is 2. The molecule has 0 aliphatic heterocycles. The van der Waals surface area contributed by atoms with Crippen LogP contribution in [-0.2, 0) is 4.79 Å². The summed E-state index contributed by atoms with van der Waals surface area (Å²) < 4.78 is 38.3. The molecule has 3 heterocycles. The van der Waals surface area contributed by atoms with E-state index in [2.05, 4.69) is 30.6 Å². The highest BCUT2D eigenvalue weighted by molar-refractivity contribution is 5.92. The van der Waals surface area contributed by atoms with Crippen LogP contribution in [0.15, 0.2) is 30.7 Å². The largest absolute Gasteiger partial charge is 0.356 e. The van der Waals surface area contributed by atoms with Gasteiger partial charge in [-0.05, 0) is 25.5 Å². The minimum atomic E-state index is -2.63. The average Bonchev–Trinajstić information content (AvgIpc) is 3.09. The standard InChI is InChI=1S/C18H19F3N6O.3H2/c1-3-18(2,17(28)25-9-13(20)21)27-14-4-5-22-16(26-14)12-8-24-15-11(12)6-10(19)7-23-15;;;/h4-8,13H,3,9H2,1-2H3,(H,23,24)(H,25,28)(H,22,26,27);3*1H/t18-;;;/m1.../s1. The number of carbonyl (C=O) groups is 1. The van der Waals surface area contributed by atoms with Gasteiger partial charge in [-0.2, -0.15) is 0 Å². The number of nitrogens with one attached hydrogen (secondary N) is 3. The summed E-state index contributed by atoms with van der Waals surface area (Å²) in [6.45, 7) is 2.63. The summed E-state index contributed by atoms with van der Waals surface area (Å²) in [6, 6.07) is 2.89. The van der Waals surface area contributed by atoms with Crippen molar-refractivity contribution in [3.63, 3.8) is 0 Å². The number of halogens is 3. The quantitative estimate of drug-likeness (QED) is 0.562. The number of rotatable bonds is 7. The van der Waals surface area contributed by atoms with E-state index in [-0.39, 0.29) is 4.28 Å². The smallest absolute Gasteiger partial charge is 0.255 e. The van der Waals surface area contributed by atoms with E-state index < -0.39 is 30.2 Å². The van der Waals surface area contributed by atoms with Crippen molar-refractivity contribution in [1.82, 2.24) is 25.3 Å². The van der Waals surface area contributed by atoms with Crippen molar-refractivity contribution in [2.45, 2.75) is 32.2 Å². The van der Waals surface area contributed by atoms with Gasteiger partial charge in [0.15, 0.2) is 5.82 Å². The zero-order chi connectivity index (χ0) is 20.3. The van der Waals surface area contributed by atoms with Crippen LogP contribution < -0.4 is 10.6 Å². The van der Waals surface area contributed by atoms with Gasteiger partial charge < -0.3 is 15.6 Å². The van der Waals surface area contributed by atoms with Gasteiger partial charge in [0, 0.05) is 27.6 Å². The van der Waals surface area contributed by atoms with Crippen molar-refractivity contribution in [3.05, 3.63) is 36.5 Å². The Hall–Kier alpha value is -3.17. The number of fused-ring (bicyclic) bond motifs is 1.